The van der Waals surface area contributed by atoms with Crippen molar-refractivity contribution < 1.29 is 0 Å². The van der Waals surface area contributed by atoms with Crippen LogP contribution in [0.15, 0.2) is 201 Å². The number of hydrogen-bond donors (Lipinski definition) is 0. The Kier molecular flexibility index (Phi) is 7.76. The number of nitrogens with zero attached hydrogens (tertiary/aromatic N) is 5. The number of aromatic nitrogens is 3. The Morgan fingerprint density at radius 3 is 1.59 bits per heavy atom. The van der Waals surface area contributed by atoms with Crippen LogP contribution in [0.2, 0.25) is 0 Å². The fraction of sp³-hybridized carbons (Fsp3) is 0. The molecule has 0 bridgehead atoms. The van der Waals surface area contributed by atoms with Crippen molar-refractivity contribution in [2.45, 2.75) is 0 Å². The van der Waals surface area contributed by atoms with Gasteiger partial charge < -0.3 is 14.4 Å². The first-order valence-corrected chi connectivity index (χ1v) is 17.1. The third-order valence-electron chi connectivity index (χ3n) is 9.29. The minimum Gasteiger partial charge on any atom is -0.310 e. The van der Waals surface area contributed by atoms with Crippen LogP contribution >= 0.6 is 0 Å². The fourth-order valence-electron chi connectivity index (χ4n) is 7.06. The van der Waals surface area contributed by atoms with Gasteiger partial charge in [0.05, 0.1) is 22.9 Å². The molecule has 5 nitrogen and oxygen atoms in total. The van der Waals surface area contributed by atoms with Crippen LogP contribution in [0.1, 0.15) is 0 Å². The Balaban J connectivity index is 1.31. The van der Waals surface area contributed by atoms with Crippen molar-refractivity contribution in [1.29, 1.82) is 0 Å². The average Bonchev–Trinajstić information content (AvgIpc) is 3.54. The van der Waals surface area contributed by atoms with E-state index in [0.29, 0.717) is 0 Å². The summed E-state index contributed by atoms with van der Waals surface area (Å²) in [5.74, 6) is 0. The highest BCUT2D eigenvalue weighted by Crippen LogP contribution is 2.44. The Morgan fingerprint density at radius 1 is 0.353 bits per heavy atom. The molecule has 0 spiro atoms. The summed E-state index contributed by atoms with van der Waals surface area (Å²) >= 11 is 0. The summed E-state index contributed by atoms with van der Waals surface area (Å²) in [6.07, 6.45) is 7.43. The predicted molar refractivity (Wildman–Crippen MR) is 211 cm³/mol. The van der Waals surface area contributed by atoms with Crippen molar-refractivity contribution in [2.24, 2.45) is 0 Å². The molecule has 0 unspecified atom stereocenters. The summed E-state index contributed by atoms with van der Waals surface area (Å²) in [6, 6.07) is 62.2. The average molecular weight is 656 g/mol. The van der Waals surface area contributed by atoms with Crippen molar-refractivity contribution >= 4 is 55.9 Å². The van der Waals surface area contributed by atoms with Crippen molar-refractivity contribution in [1.82, 2.24) is 14.5 Å². The number of pyridine rings is 2. The maximum atomic E-state index is 4.52. The van der Waals surface area contributed by atoms with Crippen LogP contribution in [0.25, 0.3) is 38.6 Å². The van der Waals surface area contributed by atoms with E-state index in [9.17, 15) is 0 Å². The molecule has 0 saturated carbocycles. The lowest BCUT2D eigenvalue weighted by molar-refractivity contribution is 1.18. The van der Waals surface area contributed by atoms with E-state index in [4.69, 9.17) is 0 Å². The van der Waals surface area contributed by atoms with Gasteiger partial charge in [0.2, 0.25) is 0 Å². The van der Waals surface area contributed by atoms with Gasteiger partial charge in [-0.1, -0.05) is 78.9 Å². The van der Waals surface area contributed by atoms with Gasteiger partial charge >= 0.3 is 0 Å². The van der Waals surface area contributed by atoms with Crippen LogP contribution in [-0.2, 0) is 0 Å². The minimum atomic E-state index is 0.975. The molecule has 242 valence electrons. The smallest absolute Gasteiger partial charge is 0.0644 e. The van der Waals surface area contributed by atoms with Gasteiger partial charge in [0.15, 0.2) is 0 Å². The molecule has 0 aliphatic heterocycles. The second-order valence-corrected chi connectivity index (χ2v) is 12.4. The zero-order valence-electron chi connectivity index (χ0n) is 27.8. The molecule has 9 aromatic rings. The van der Waals surface area contributed by atoms with E-state index >= 15 is 0 Å². The summed E-state index contributed by atoms with van der Waals surface area (Å²) in [7, 11) is 0. The van der Waals surface area contributed by atoms with Crippen LogP contribution in [0.4, 0.5) is 34.1 Å². The molecule has 0 atom stereocenters. The van der Waals surface area contributed by atoms with Gasteiger partial charge in [-0.15, -0.1) is 0 Å². The van der Waals surface area contributed by atoms with Crippen molar-refractivity contribution in [3.8, 4) is 16.8 Å². The molecule has 6 aromatic carbocycles. The van der Waals surface area contributed by atoms with Crippen molar-refractivity contribution in [3.63, 3.8) is 0 Å². The second-order valence-electron chi connectivity index (χ2n) is 12.4. The third-order valence-corrected chi connectivity index (χ3v) is 9.29. The summed E-state index contributed by atoms with van der Waals surface area (Å²) in [5, 5.41) is 2.43. The van der Waals surface area contributed by atoms with E-state index < -0.39 is 0 Å². The number of hydrogen-bond acceptors (Lipinski definition) is 4. The van der Waals surface area contributed by atoms with E-state index in [1.165, 1.54) is 21.8 Å². The predicted octanol–water partition coefficient (Wildman–Crippen LogP) is 12.2. The van der Waals surface area contributed by atoms with E-state index in [1.807, 2.05) is 30.9 Å². The lowest BCUT2D eigenvalue weighted by atomic mass is 10.00. The molecule has 0 aliphatic rings. The Bertz CT molecular complexity index is 2390. The SMILES string of the molecule is c1ccc(N(c2ccncc2)c2cc(-c3ccc4c(c3)c3ccccc3n4-c3ccccc3)cc(N(c3ccccc3)c3cccnc3)c2)cc1. The van der Waals surface area contributed by atoms with Crippen LogP contribution in [0.3, 0.4) is 0 Å². The molecule has 0 fully saturated rings. The molecule has 9 rings (SSSR count). The zero-order chi connectivity index (χ0) is 34.0. The summed E-state index contributed by atoms with van der Waals surface area (Å²) < 4.78 is 2.36. The summed E-state index contributed by atoms with van der Waals surface area (Å²) in [4.78, 5) is 13.4. The highest BCUT2D eigenvalue weighted by atomic mass is 15.2. The van der Waals surface area contributed by atoms with Gasteiger partial charge in [0.1, 0.15) is 0 Å². The molecule has 51 heavy (non-hydrogen) atoms. The third kappa shape index (κ3) is 5.67. The first kappa shape index (κ1) is 30.1. The van der Waals surface area contributed by atoms with Gasteiger partial charge in [0, 0.05) is 63.5 Å². The quantitative estimate of drug-likeness (QED) is 0.163. The molecular formula is C46H33N5. The largest absolute Gasteiger partial charge is 0.310 e. The van der Waals surface area contributed by atoms with E-state index in [1.54, 1.807) is 0 Å². The van der Waals surface area contributed by atoms with Gasteiger partial charge in [-0.2, -0.15) is 0 Å². The van der Waals surface area contributed by atoms with Crippen molar-refractivity contribution in [2.75, 3.05) is 9.80 Å². The zero-order valence-corrected chi connectivity index (χ0v) is 27.8. The maximum absolute atomic E-state index is 4.52. The summed E-state index contributed by atoms with van der Waals surface area (Å²) in [6.45, 7) is 0. The Labute approximate surface area is 297 Å². The molecule has 3 heterocycles. The summed E-state index contributed by atoms with van der Waals surface area (Å²) in [5.41, 5.74) is 11.9. The van der Waals surface area contributed by atoms with E-state index in [-0.39, 0.29) is 0 Å². The first-order valence-electron chi connectivity index (χ1n) is 17.1. The lowest BCUT2D eigenvalue weighted by Gasteiger charge is -2.30. The monoisotopic (exact) mass is 655 g/mol. The van der Waals surface area contributed by atoms with Gasteiger partial charge in [0.25, 0.3) is 0 Å². The second kappa shape index (κ2) is 13.1. The molecule has 0 radical (unpaired) electrons. The maximum Gasteiger partial charge on any atom is 0.0644 e. The normalized spacial score (nSPS) is 11.1. The van der Waals surface area contributed by atoms with Gasteiger partial charge in [-0.25, -0.2) is 0 Å². The number of para-hydroxylation sites is 4. The van der Waals surface area contributed by atoms with Gasteiger partial charge in [-0.3, -0.25) is 9.97 Å². The molecule has 0 N–H and O–H groups in total. The van der Waals surface area contributed by atoms with Gasteiger partial charge in [-0.05, 0) is 108 Å². The van der Waals surface area contributed by atoms with Crippen molar-refractivity contribution in [3.05, 3.63) is 201 Å². The number of anilines is 6. The lowest BCUT2D eigenvalue weighted by Crippen LogP contribution is -2.13. The van der Waals surface area contributed by atoms with E-state index in [0.717, 1.165) is 50.9 Å². The van der Waals surface area contributed by atoms with Crippen LogP contribution < -0.4 is 9.80 Å². The molecule has 5 heteroatoms. The highest BCUT2D eigenvalue weighted by molar-refractivity contribution is 6.10. The number of rotatable bonds is 8. The first-order chi connectivity index (χ1) is 25.3. The van der Waals surface area contributed by atoms with Crippen LogP contribution in [-0.4, -0.2) is 14.5 Å². The van der Waals surface area contributed by atoms with E-state index in [2.05, 4.69) is 194 Å². The molecule has 0 aliphatic carbocycles. The number of benzene rings is 6. The number of fused-ring (bicyclic) bond motifs is 3. The molecular weight excluding hydrogens is 623 g/mol. The molecule has 0 amide bonds. The Hall–Kier alpha value is -6.98. The molecule has 0 saturated heterocycles. The van der Waals surface area contributed by atoms with Crippen LogP contribution in [0.5, 0.6) is 0 Å². The topological polar surface area (TPSA) is 37.2 Å². The van der Waals surface area contributed by atoms with Crippen LogP contribution in [0, 0.1) is 0 Å². The standard InChI is InChI=1S/C46H33N5/c1-4-13-36(14-5-1)49(39-24-27-47-28-25-39)41-29-35(30-42(32-41)50(37-15-6-2-7-16-37)40-19-12-26-48-33-40)34-22-23-46-44(31-34)43-20-10-11-21-45(43)51(46)38-17-8-3-9-18-38/h1-33H. The molecule has 3 aromatic heterocycles. The highest BCUT2D eigenvalue weighted by Gasteiger charge is 2.20. The Morgan fingerprint density at radius 2 is 0.922 bits per heavy atom. The minimum absolute atomic E-state index is 0.975. The fourth-order valence-corrected chi connectivity index (χ4v) is 7.06.